The van der Waals surface area contributed by atoms with Gasteiger partial charge in [0.25, 0.3) is 0 Å². The van der Waals surface area contributed by atoms with Gasteiger partial charge in [0.1, 0.15) is 11.5 Å². The molecule has 2 aromatic rings. The normalized spacial score (nSPS) is 12.0. The summed E-state index contributed by atoms with van der Waals surface area (Å²) in [6.45, 7) is 0.757. The quantitative estimate of drug-likeness (QED) is 0.915. The van der Waals surface area contributed by atoms with Gasteiger partial charge in [-0.05, 0) is 25.2 Å². The first-order valence-electron chi connectivity index (χ1n) is 5.32. The van der Waals surface area contributed by atoms with Crippen molar-refractivity contribution in [2.45, 2.75) is 19.3 Å². The molecule has 4 nitrogen and oxygen atoms in total. The average Bonchev–Trinajstić information content (AvgIpc) is 2.88. The van der Waals surface area contributed by atoms with Crippen molar-refractivity contribution in [1.29, 1.82) is 0 Å². The molecule has 98 valence electrons. The lowest BCUT2D eigenvalue weighted by molar-refractivity contribution is -0.141. The number of rotatable bonds is 4. The van der Waals surface area contributed by atoms with Gasteiger partial charge in [-0.2, -0.15) is 18.3 Å². The Morgan fingerprint density at radius 2 is 2.00 bits per heavy atom. The zero-order valence-electron chi connectivity index (χ0n) is 9.66. The van der Waals surface area contributed by atoms with Crippen molar-refractivity contribution in [3.63, 3.8) is 0 Å². The minimum Gasteiger partial charge on any atom is -0.463 e. The molecule has 0 atom stereocenters. The fraction of sp³-hybridized carbons (Fsp3) is 0.364. The summed E-state index contributed by atoms with van der Waals surface area (Å²) >= 11 is 0. The largest absolute Gasteiger partial charge is 0.463 e. The van der Waals surface area contributed by atoms with Crippen LogP contribution in [0.2, 0.25) is 0 Å². The summed E-state index contributed by atoms with van der Waals surface area (Å²) in [6.07, 6.45) is -3.13. The number of halogens is 3. The maximum Gasteiger partial charge on any atom is 0.435 e. The minimum atomic E-state index is -4.41. The van der Waals surface area contributed by atoms with Gasteiger partial charge in [-0.15, -0.1) is 0 Å². The summed E-state index contributed by atoms with van der Waals surface area (Å²) in [5.74, 6) is 1.30. The molecule has 0 aliphatic carbocycles. The highest BCUT2D eigenvalue weighted by Gasteiger charge is 2.33. The van der Waals surface area contributed by atoms with E-state index in [0.29, 0.717) is 12.3 Å². The van der Waals surface area contributed by atoms with Crippen LogP contribution < -0.4 is 5.32 Å². The molecule has 0 spiro atoms. The molecule has 0 fully saturated rings. The third kappa shape index (κ3) is 2.92. The zero-order valence-corrected chi connectivity index (χ0v) is 9.66. The van der Waals surface area contributed by atoms with Gasteiger partial charge in [0.15, 0.2) is 5.69 Å². The van der Waals surface area contributed by atoms with Crippen LogP contribution in [0.15, 0.2) is 28.8 Å². The standard InChI is InChI=1S/C11H12F3N3O/c1-15-6-8-2-3-9(18-8)7-17-5-4-10(16-17)11(12,13)14/h2-5,15H,6-7H2,1H3. The Labute approximate surface area is 101 Å². The van der Waals surface area contributed by atoms with Gasteiger partial charge in [-0.1, -0.05) is 0 Å². The smallest absolute Gasteiger partial charge is 0.435 e. The Bertz CT molecular complexity index is 516. The van der Waals surface area contributed by atoms with Crippen LogP contribution in [0.1, 0.15) is 17.2 Å². The molecule has 0 unspecified atom stereocenters. The van der Waals surface area contributed by atoms with Crippen LogP contribution in [0.5, 0.6) is 0 Å². The van der Waals surface area contributed by atoms with E-state index in [0.717, 1.165) is 11.8 Å². The number of furan rings is 1. The lowest BCUT2D eigenvalue weighted by Gasteiger charge is -2.01. The van der Waals surface area contributed by atoms with Crippen molar-refractivity contribution in [2.75, 3.05) is 7.05 Å². The van der Waals surface area contributed by atoms with E-state index in [4.69, 9.17) is 4.42 Å². The van der Waals surface area contributed by atoms with Gasteiger partial charge in [0.2, 0.25) is 0 Å². The number of nitrogens with one attached hydrogen (secondary N) is 1. The third-order valence-electron chi connectivity index (χ3n) is 2.32. The summed E-state index contributed by atoms with van der Waals surface area (Å²) in [4.78, 5) is 0. The predicted molar refractivity (Wildman–Crippen MR) is 57.8 cm³/mol. The summed E-state index contributed by atoms with van der Waals surface area (Å²) < 4.78 is 43.6. The van der Waals surface area contributed by atoms with E-state index < -0.39 is 11.9 Å². The number of hydrogen-bond donors (Lipinski definition) is 1. The fourth-order valence-electron chi connectivity index (χ4n) is 1.54. The van der Waals surface area contributed by atoms with E-state index in [-0.39, 0.29) is 6.54 Å². The van der Waals surface area contributed by atoms with Gasteiger partial charge in [0, 0.05) is 6.20 Å². The van der Waals surface area contributed by atoms with Crippen LogP contribution in [0.3, 0.4) is 0 Å². The first kappa shape index (κ1) is 12.7. The molecule has 0 amide bonds. The predicted octanol–water partition coefficient (Wildman–Crippen LogP) is 2.26. The van der Waals surface area contributed by atoms with Crippen molar-refractivity contribution in [2.24, 2.45) is 0 Å². The van der Waals surface area contributed by atoms with Crippen molar-refractivity contribution in [3.05, 3.63) is 41.6 Å². The lowest BCUT2D eigenvalue weighted by Crippen LogP contribution is -2.08. The second-order valence-electron chi connectivity index (χ2n) is 3.79. The molecule has 0 bridgehead atoms. The SMILES string of the molecule is CNCc1ccc(Cn2ccc(C(F)(F)F)n2)o1. The fourth-order valence-corrected chi connectivity index (χ4v) is 1.54. The summed E-state index contributed by atoms with van der Waals surface area (Å²) in [5.41, 5.74) is -0.899. The van der Waals surface area contributed by atoms with Crippen molar-refractivity contribution in [1.82, 2.24) is 15.1 Å². The Kier molecular flexibility index (Phi) is 3.42. The van der Waals surface area contributed by atoms with Gasteiger partial charge in [-0.25, -0.2) is 0 Å². The van der Waals surface area contributed by atoms with Gasteiger partial charge in [0.05, 0.1) is 13.1 Å². The molecule has 0 saturated carbocycles. The highest BCUT2D eigenvalue weighted by atomic mass is 19.4. The molecule has 7 heteroatoms. The maximum absolute atomic E-state index is 12.3. The van der Waals surface area contributed by atoms with Crippen LogP contribution in [0.25, 0.3) is 0 Å². The Balaban J connectivity index is 2.06. The molecule has 18 heavy (non-hydrogen) atoms. The maximum atomic E-state index is 12.3. The first-order valence-corrected chi connectivity index (χ1v) is 5.32. The third-order valence-corrected chi connectivity index (χ3v) is 2.32. The molecule has 2 heterocycles. The molecule has 0 aliphatic heterocycles. The average molecular weight is 259 g/mol. The Morgan fingerprint density at radius 3 is 2.61 bits per heavy atom. The Morgan fingerprint density at radius 1 is 1.28 bits per heavy atom. The molecule has 1 N–H and O–H groups in total. The van der Waals surface area contributed by atoms with E-state index in [9.17, 15) is 13.2 Å². The molecule has 2 aromatic heterocycles. The zero-order chi connectivity index (χ0) is 13.2. The topological polar surface area (TPSA) is 43.0 Å². The highest BCUT2D eigenvalue weighted by molar-refractivity contribution is 5.09. The lowest BCUT2D eigenvalue weighted by atomic mass is 10.4. The number of aromatic nitrogens is 2. The second-order valence-corrected chi connectivity index (χ2v) is 3.79. The molecule has 0 aliphatic rings. The summed E-state index contributed by atoms with van der Waals surface area (Å²) in [5, 5.41) is 6.37. The van der Waals surface area contributed by atoms with Crippen molar-refractivity contribution < 1.29 is 17.6 Å². The van der Waals surface area contributed by atoms with E-state index in [1.54, 1.807) is 19.2 Å². The molecule has 0 aromatic carbocycles. The van der Waals surface area contributed by atoms with E-state index >= 15 is 0 Å². The number of alkyl halides is 3. The first-order chi connectivity index (χ1) is 8.49. The minimum absolute atomic E-state index is 0.180. The van der Waals surface area contributed by atoms with Crippen molar-refractivity contribution in [3.8, 4) is 0 Å². The van der Waals surface area contributed by atoms with Gasteiger partial charge in [-0.3, -0.25) is 4.68 Å². The van der Waals surface area contributed by atoms with Crippen LogP contribution in [-0.2, 0) is 19.3 Å². The van der Waals surface area contributed by atoms with E-state index in [1.165, 1.54) is 10.9 Å². The summed E-state index contributed by atoms with van der Waals surface area (Å²) in [7, 11) is 1.78. The van der Waals surface area contributed by atoms with Crippen molar-refractivity contribution >= 4 is 0 Å². The monoisotopic (exact) mass is 259 g/mol. The highest BCUT2D eigenvalue weighted by Crippen LogP contribution is 2.27. The molecule has 0 saturated heterocycles. The number of nitrogens with zero attached hydrogens (tertiary/aromatic N) is 2. The molecular formula is C11H12F3N3O. The number of hydrogen-bond acceptors (Lipinski definition) is 3. The van der Waals surface area contributed by atoms with E-state index in [2.05, 4.69) is 10.4 Å². The molecular weight excluding hydrogens is 247 g/mol. The van der Waals surface area contributed by atoms with Crippen LogP contribution >= 0.6 is 0 Å². The van der Waals surface area contributed by atoms with Crippen LogP contribution in [-0.4, -0.2) is 16.8 Å². The van der Waals surface area contributed by atoms with Gasteiger partial charge >= 0.3 is 6.18 Å². The molecule has 0 radical (unpaired) electrons. The van der Waals surface area contributed by atoms with Crippen LogP contribution in [0.4, 0.5) is 13.2 Å². The van der Waals surface area contributed by atoms with Crippen LogP contribution in [0, 0.1) is 0 Å². The summed E-state index contributed by atoms with van der Waals surface area (Å²) in [6, 6.07) is 4.44. The van der Waals surface area contributed by atoms with Gasteiger partial charge < -0.3 is 9.73 Å². The molecule has 2 rings (SSSR count). The Hall–Kier alpha value is -1.76. The second kappa shape index (κ2) is 4.85. The van der Waals surface area contributed by atoms with E-state index in [1.807, 2.05) is 0 Å².